The zero-order valence-electron chi connectivity index (χ0n) is 12.9. The van der Waals surface area contributed by atoms with Crippen LogP contribution in [-0.2, 0) is 4.79 Å². The number of carbonyl (C=O) groups is 1. The summed E-state index contributed by atoms with van der Waals surface area (Å²) in [6.45, 7) is 0. The predicted octanol–water partition coefficient (Wildman–Crippen LogP) is 4.16. The molecule has 0 aliphatic carbocycles. The Labute approximate surface area is 145 Å². The van der Waals surface area contributed by atoms with Crippen LogP contribution in [0, 0.1) is 0 Å². The Bertz CT molecular complexity index is 785. The van der Waals surface area contributed by atoms with Gasteiger partial charge in [0.25, 0.3) is 5.91 Å². The van der Waals surface area contributed by atoms with Crippen molar-refractivity contribution in [3.8, 4) is 0 Å². The molecule has 1 aliphatic rings. The van der Waals surface area contributed by atoms with Gasteiger partial charge in [0.1, 0.15) is 0 Å². The van der Waals surface area contributed by atoms with Gasteiger partial charge < -0.3 is 4.90 Å². The number of amides is 1. The van der Waals surface area contributed by atoms with Crippen LogP contribution >= 0.6 is 24.0 Å². The smallest absolute Gasteiger partial charge is 0.270 e. The molecule has 0 unspecified atom stereocenters. The molecule has 0 saturated carbocycles. The second-order valence-electron chi connectivity index (χ2n) is 5.34. The number of para-hydroxylation sites is 1. The van der Waals surface area contributed by atoms with Gasteiger partial charge in [-0.3, -0.25) is 9.69 Å². The predicted molar refractivity (Wildman–Crippen MR) is 103 cm³/mol. The number of benzene rings is 2. The first-order chi connectivity index (χ1) is 11.1. The van der Waals surface area contributed by atoms with E-state index in [0.717, 1.165) is 16.9 Å². The number of hydrogen-bond acceptors (Lipinski definition) is 4. The summed E-state index contributed by atoms with van der Waals surface area (Å²) in [6, 6.07) is 17.6. The molecule has 1 amide bonds. The van der Waals surface area contributed by atoms with Crippen LogP contribution in [-0.4, -0.2) is 24.3 Å². The highest BCUT2D eigenvalue weighted by molar-refractivity contribution is 8.27. The van der Waals surface area contributed by atoms with E-state index in [-0.39, 0.29) is 5.91 Å². The average molecular weight is 340 g/mol. The summed E-state index contributed by atoms with van der Waals surface area (Å²) in [6.07, 6.45) is 1.90. The first-order valence-corrected chi connectivity index (χ1v) is 8.39. The van der Waals surface area contributed by atoms with Crippen LogP contribution in [0.25, 0.3) is 6.08 Å². The monoisotopic (exact) mass is 340 g/mol. The highest BCUT2D eigenvalue weighted by Crippen LogP contribution is 2.36. The van der Waals surface area contributed by atoms with Crippen molar-refractivity contribution < 1.29 is 4.79 Å². The maximum atomic E-state index is 12.7. The molecule has 2 aromatic rings. The molecule has 2 aromatic carbocycles. The van der Waals surface area contributed by atoms with E-state index in [1.54, 1.807) is 4.90 Å². The highest BCUT2D eigenvalue weighted by Gasteiger charge is 2.33. The summed E-state index contributed by atoms with van der Waals surface area (Å²) in [5.41, 5.74) is 2.89. The molecule has 1 saturated heterocycles. The molecule has 116 valence electrons. The number of carbonyl (C=O) groups excluding carboxylic acids is 1. The van der Waals surface area contributed by atoms with Crippen LogP contribution in [0.1, 0.15) is 5.56 Å². The standard InChI is InChI=1S/C18H16N2OS2/c1-19(2)15-10-6-7-13(11-15)12-16-17(21)20(18(22)23-16)14-8-4-3-5-9-14/h3-12H,1-2H3/b16-12+. The van der Waals surface area contributed by atoms with E-state index in [9.17, 15) is 4.79 Å². The van der Waals surface area contributed by atoms with E-state index in [0.29, 0.717) is 9.23 Å². The van der Waals surface area contributed by atoms with Gasteiger partial charge in [-0.05, 0) is 35.9 Å². The Morgan fingerprint density at radius 1 is 1.09 bits per heavy atom. The van der Waals surface area contributed by atoms with Crippen LogP contribution in [0.5, 0.6) is 0 Å². The van der Waals surface area contributed by atoms with Gasteiger partial charge in [-0.25, -0.2) is 0 Å². The second kappa shape index (κ2) is 6.56. The van der Waals surface area contributed by atoms with Gasteiger partial charge in [-0.15, -0.1) is 0 Å². The molecule has 5 heteroatoms. The van der Waals surface area contributed by atoms with Crippen molar-refractivity contribution in [2.24, 2.45) is 0 Å². The minimum Gasteiger partial charge on any atom is -0.378 e. The highest BCUT2D eigenvalue weighted by atomic mass is 32.2. The fraction of sp³-hybridized carbons (Fsp3) is 0.111. The average Bonchev–Trinajstić information content (AvgIpc) is 2.82. The Hall–Kier alpha value is -2.11. The molecule has 3 nitrogen and oxygen atoms in total. The van der Waals surface area contributed by atoms with E-state index in [4.69, 9.17) is 12.2 Å². The van der Waals surface area contributed by atoms with Gasteiger partial charge in [-0.1, -0.05) is 54.3 Å². The van der Waals surface area contributed by atoms with Crippen molar-refractivity contribution in [1.29, 1.82) is 0 Å². The Morgan fingerprint density at radius 3 is 2.52 bits per heavy atom. The first-order valence-electron chi connectivity index (χ1n) is 7.16. The van der Waals surface area contributed by atoms with Crippen LogP contribution in [0.15, 0.2) is 59.5 Å². The van der Waals surface area contributed by atoms with Crippen molar-refractivity contribution in [3.63, 3.8) is 0 Å². The lowest BCUT2D eigenvalue weighted by atomic mass is 10.1. The van der Waals surface area contributed by atoms with Crippen molar-refractivity contribution in [1.82, 2.24) is 0 Å². The van der Waals surface area contributed by atoms with Gasteiger partial charge in [-0.2, -0.15) is 0 Å². The minimum atomic E-state index is -0.0681. The van der Waals surface area contributed by atoms with Crippen LogP contribution < -0.4 is 9.80 Å². The molecule has 1 heterocycles. The summed E-state index contributed by atoms with van der Waals surface area (Å²) >= 11 is 6.72. The lowest BCUT2D eigenvalue weighted by Crippen LogP contribution is -2.27. The number of rotatable bonds is 3. The van der Waals surface area contributed by atoms with Gasteiger partial charge in [0.15, 0.2) is 4.32 Å². The van der Waals surface area contributed by atoms with Crippen LogP contribution in [0.4, 0.5) is 11.4 Å². The number of nitrogens with zero attached hydrogens (tertiary/aromatic N) is 2. The van der Waals surface area contributed by atoms with Crippen LogP contribution in [0.3, 0.4) is 0 Å². The maximum absolute atomic E-state index is 12.7. The Kier molecular flexibility index (Phi) is 4.50. The molecule has 0 radical (unpaired) electrons. The quantitative estimate of drug-likeness (QED) is 0.618. The molecular weight excluding hydrogens is 324 g/mol. The number of anilines is 2. The first kappa shape index (κ1) is 15.8. The zero-order chi connectivity index (χ0) is 16.4. The van der Waals surface area contributed by atoms with Crippen molar-refractivity contribution in [2.75, 3.05) is 23.9 Å². The second-order valence-corrected chi connectivity index (χ2v) is 7.02. The topological polar surface area (TPSA) is 23.6 Å². The molecule has 0 N–H and O–H groups in total. The summed E-state index contributed by atoms with van der Waals surface area (Å²) < 4.78 is 0.566. The largest absolute Gasteiger partial charge is 0.378 e. The molecule has 0 spiro atoms. The summed E-state index contributed by atoms with van der Waals surface area (Å²) in [7, 11) is 3.99. The lowest BCUT2D eigenvalue weighted by Gasteiger charge is -2.14. The third-order valence-corrected chi connectivity index (χ3v) is 4.79. The van der Waals surface area contributed by atoms with Crippen LogP contribution in [0.2, 0.25) is 0 Å². The van der Waals surface area contributed by atoms with E-state index in [1.807, 2.05) is 73.6 Å². The maximum Gasteiger partial charge on any atom is 0.270 e. The molecule has 1 aliphatic heterocycles. The summed E-state index contributed by atoms with van der Waals surface area (Å²) in [5.74, 6) is -0.0681. The third kappa shape index (κ3) is 3.30. The SMILES string of the molecule is CN(C)c1cccc(/C=C2/SC(=S)N(c3ccccc3)C2=O)c1. The molecule has 0 bridgehead atoms. The van der Waals surface area contributed by atoms with Gasteiger partial charge >= 0.3 is 0 Å². The van der Waals surface area contributed by atoms with Gasteiger partial charge in [0, 0.05) is 19.8 Å². The summed E-state index contributed by atoms with van der Waals surface area (Å²) in [5, 5.41) is 0. The lowest BCUT2D eigenvalue weighted by molar-refractivity contribution is -0.113. The molecule has 0 atom stereocenters. The van der Waals surface area contributed by atoms with E-state index < -0.39 is 0 Å². The van der Waals surface area contributed by atoms with Crippen molar-refractivity contribution in [3.05, 3.63) is 65.1 Å². The fourth-order valence-electron chi connectivity index (χ4n) is 2.31. The number of thiocarbonyl (C=S) groups is 1. The minimum absolute atomic E-state index is 0.0681. The van der Waals surface area contributed by atoms with Crippen molar-refractivity contribution >= 4 is 51.7 Å². The Balaban J connectivity index is 1.92. The Morgan fingerprint density at radius 2 is 1.83 bits per heavy atom. The molecule has 3 rings (SSSR count). The number of thioether (sulfide) groups is 1. The molecular formula is C18H16N2OS2. The van der Waals surface area contributed by atoms with E-state index in [2.05, 4.69) is 6.07 Å². The summed E-state index contributed by atoms with van der Waals surface area (Å²) in [4.78, 5) is 16.9. The van der Waals surface area contributed by atoms with Crippen molar-refractivity contribution in [2.45, 2.75) is 0 Å². The zero-order valence-corrected chi connectivity index (χ0v) is 14.5. The van der Waals surface area contributed by atoms with E-state index in [1.165, 1.54) is 11.8 Å². The molecule has 1 fully saturated rings. The normalized spacial score (nSPS) is 16.3. The van der Waals surface area contributed by atoms with Gasteiger partial charge in [0.05, 0.1) is 10.6 Å². The molecule has 23 heavy (non-hydrogen) atoms. The van der Waals surface area contributed by atoms with Gasteiger partial charge in [0.2, 0.25) is 0 Å². The third-order valence-electron chi connectivity index (χ3n) is 3.49. The fourth-order valence-corrected chi connectivity index (χ4v) is 3.61. The molecule has 0 aromatic heterocycles. The van der Waals surface area contributed by atoms with E-state index >= 15 is 0 Å². The number of hydrogen-bond donors (Lipinski definition) is 0.